The molecule has 0 spiro atoms. The van der Waals surface area contributed by atoms with E-state index >= 15 is 0 Å². The second-order valence-electron chi connectivity index (χ2n) is 67.1. The number of aliphatic hydroxyl groups excluding tert-OH is 1. The number of rotatable bonds is 24. The molecule has 6 unspecified atom stereocenters. The number of hydrogen-bond donors (Lipinski definition) is 1. The highest BCUT2D eigenvalue weighted by atomic mass is 19.3. The molecule has 149 heavy (non-hydrogen) atoms. The van der Waals surface area contributed by atoms with E-state index < -0.39 is 76.9 Å². The minimum absolute atomic E-state index is 0.00694. The molecule has 1 saturated carbocycles. The monoisotopic (exact) mass is 2190 g/mol. The zero-order chi connectivity index (χ0) is 125. The van der Waals surface area contributed by atoms with Crippen molar-refractivity contribution in [1.82, 2.24) is 0 Å². The summed E-state index contributed by atoms with van der Waals surface area (Å²) in [5, 5.41) is 8.21. The van der Waals surface area contributed by atoms with Crippen molar-refractivity contribution in [3.63, 3.8) is 0 Å². The van der Waals surface area contributed by atoms with Gasteiger partial charge in [0.25, 0.3) is 5.92 Å². The zero-order valence-corrected chi connectivity index (χ0v) is 113. The standard InChI is InChI=1S/3C9H19F.C9H18.3C9H20.2C8H16F2.C8H15FO.C8H17F.C8H18.C7H14F2O.2C7H14F2.C6H12F2/c3*1-6-9(5,10)7-8(2,3)4;1-8(2,3)7-9(4)5-6-9;1-8(2,3)7-9(4,5)6;2*1-6-8(2)7-9(3,4)5;2*1-5-8(9,10)6-7(2,3)4;1-7(2,3)4-8(9)5-10-6-8;1-5-7(9)6-8(2,3)4;1-7(2)6-8(3,4)5;1-6(2,3)4-7(8,9)5-10;2*1-6(2,3)5-7(4,8)9;1-6(2,3)4-5(7)8/h3*6-7H2,1-5H3;5-7H2,1-4H3;7H2,1-6H3;2*8H,6-7H2,1-5H3;2*5-6H2,1-4H3;4-6H2,1-3H3;7H,5-6H2,1-4H3;7H,6H2,1-5H3;10H,4-5H2,1-3H3;2*5H2,1-4H3;5H,4H2,1-3H3. The van der Waals surface area contributed by atoms with Gasteiger partial charge in [0, 0.05) is 51.4 Å². The molecule has 2 aliphatic rings. The van der Waals surface area contributed by atoms with E-state index in [0.29, 0.717) is 103 Å². The Bertz CT molecular complexity index is 2590. The lowest BCUT2D eigenvalue weighted by atomic mass is 9.78. The minimum Gasteiger partial charge on any atom is -0.390 e. The zero-order valence-electron chi connectivity index (χ0n) is 113. The predicted molar refractivity (Wildman–Crippen MR) is 635 cm³/mol. The van der Waals surface area contributed by atoms with E-state index in [0.717, 1.165) is 37.0 Å². The summed E-state index contributed by atoms with van der Waals surface area (Å²) >= 11 is 0. The largest absolute Gasteiger partial charge is 0.390 e. The van der Waals surface area contributed by atoms with Crippen molar-refractivity contribution in [2.24, 2.45) is 115 Å². The van der Waals surface area contributed by atoms with Crippen LogP contribution in [0.1, 0.15) is 645 Å². The van der Waals surface area contributed by atoms with Crippen LogP contribution in [0.25, 0.3) is 0 Å². The lowest BCUT2D eigenvalue weighted by Gasteiger charge is -2.38. The number of halogens is 17. The summed E-state index contributed by atoms with van der Waals surface area (Å²) in [6, 6.07) is 0. The fourth-order valence-electron chi connectivity index (χ4n) is 17.7. The Kier molecular flexibility index (Phi) is 87.9. The first-order valence-corrected chi connectivity index (χ1v) is 57.5. The molecule has 0 aromatic heterocycles. The van der Waals surface area contributed by atoms with Gasteiger partial charge in [-0.15, -0.1) is 0 Å². The SMILES string of the molecule is CC(C)(C)CC(C)(C)C.CC(C)(C)CC(C)(F)F.CC(C)(C)CC(C)(F)F.CC(C)(C)CC(F)(F)CO.CC(C)(C)CC(F)F.CC(C)(C)CC1(C)CC1.CC(C)(C)CC1(F)COC1.CC(C)CC(C)(C)C.CCC(C)(F)CC(C)(C)C.CCC(C)(F)CC(C)(C)C.CCC(C)(F)CC(C)(C)C.CCC(C)CC(C)(C)C.CCC(C)CC(C)(C)C.CCC(F)(F)CC(C)(C)C.CCC(F)(F)CC(C)(C)C.CCC(F)CC(C)(C)C. The molecule has 1 aliphatic carbocycles. The summed E-state index contributed by atoms with van der Waals surface area (Å²) < 4.78 is 218. The number of ether oxygens (including phenoxy) is 1. The van der Waals surface area contributed by atoms with E-state index in [-0.39, 0.29) is 106 Å². The Morgan fingerprint density at radius 2 is 0.450 bits per heavy atom. The third-order valence-electron chi connectivity index (χ3n) is 21.3. The first-order chi connectivity index (χ1) is 63.8. The minimum atomic E-state index is -2.92. The van der Waals surface area contributed by atoms with Crippen molar-refractivity contribution in [2.45, 2.75) is 710 Å². The molecule has 2 nitrogen and oxygen atoms in total. The third kappa shape index (κ3) is 191. The molecule has 0 radical (unpaired) electrons. The number of aliphatic hydroxyl groups is 1. The molecule has 1 aliphatic heterocycles. The molecule has 1 N–H and O–H groups in total. The van der Waals surface area contributed by atoms with Crippen molar-refractivity contribution in [1.29, 1.82) is 0 Å². The summed E-state index contributed by atoms with van der Waals surface area (Å²) in [7, 11) is 0. The predicted octanol–water partition coefficient (Wildman–Crippen LogP) is 50.6. The van der Waals surface area contributed by atoms with Crippen LogP contribution in [-0.2, 0) is 4.74 Å². The Hall–Kier alpha value is -1.27. The van der Waals surface area contributed by atoms with Crippen molar-refractivity contribution >= 4 is 0 Å². The van der Waals surface area contributed by atoms with Crippen LogP contribution >= 0.6 is 0 Å². The summed E-state index contributed by atoms with van der Waals surface area (Å²) in [4.78, 5) is 0. The van der Waals surface area contributed by atoms with Gasteiger partial charge in [0.2, 0.25) is 30.1 Å². The summed E-state index contributed by atoms with van der Waals surface area (Å²) in [5.74, 6) is -10.3. The lowest BCUT2D eigenvalue weighted by Crippen LogP contribution is -2.47. The third-order valence-corrected chi connectivity index (χ3v) is 21.3. The molecule has 0 amide bonds. The summed E-state index contributed by atoms with van der Waals surface area (Å²) in [6.45, 7) is 138. The molecule has 0 aromatic carbocycles. The van der Waals surface area contributed by atoms with Gasteiger partial charge in [-0.2, -0.15) is 0 Å². The molecule has 19 heteroatoms. The van der Waals surface area contributed by atoms with Gasteiger partial charge in [-0.1, -0.05) is 456 Å². The Labute approximate surface area is 924 Å². The molecule has 1 saturated heterocycles. The topological polar surface area (TPSA) is 29.5 Å². The smallest absolute Gasteiger partial charge is 0.271 e. The van der Waals surface area contributed by atoms with Crippen LogP contribution in [0.3, 0.4) is 0 Å². The number of alkyl halides is 17. The molecule has 0 aromatic rings. The van der Waals surface area contributed by atoms with Gasteiger partial charge in [-0.05, 0) is 253 Å². The van der Waals surface area contributed by atoms with Gasteiger partial charge in [-0.25, -0.2) is 74.6 Å². The summed E-state index contributed by atoms with van der Waals surface area (Å²) in [5.41, 5.74) is -1.27. The van der Waals surface area contributed by atoms with E-state index in [2.05, 4.69) is 256 Å². The highest BCUT2D eigenvalue weighted by molar-refractivity contribution is 4.93. The van der Waals surface area contributed by atoms with E-state index in [1.54, 1.807) is 62.3 Å². The second kappa shape index (κ2) is 73.6. The number of hydrogen-bond acceptors (Lipinski definition) is 2. The van der Waals surface area contributed by atoms with Gasteiger partial charge in [-0.3, -0.25) is 0 Å². The first-order valence-electron chi connectivity index (χ1n) is 57.5. The van der Waals surface area contributed by atoms with Crippen LogP contribution in [0.4, 0.5) is 74.6 Å². The van der Waals surface area contributed by atoms with Crippen molar-refractivity contribution in [2.75, 3.05) is 19.8 Å². The maximum Gasteiger partial charge on any atom is 0.271 e. The molecule has 922 valence electrons. The van der Waals surface area contributed by atoms with E-state index in [1.807, 2.05) is 132 Å². The summed E-state index contributed by atoms with van der Waals surface area (Å²) in [6.07, 6.45) is 14.8. The second-order valence-corrected chi connectivity index (χ2v) is 67.1. The van der Waals surface area contributed by atoms with Crippen LogP contribution in [0.15, 0.2) is 0 Å². The van der Waals surface area contributed by atoms with Gasteiger partial charge in [0.15, 0.2) is 5.67 Å². The maximum absolute atomic E-state index is 13.3. The molecule has 6 atom stereocenters. The first kappa shape index (κ1) is 178. The van der Waals surface area contributed by atoms with Gasteiger partial charge in [0.1, 0.15) is 29.8 Å². The van der Waals surface area contributed by atoms with E-state index in [4.69, 9.17) is 9.84 Å². The van der Waals surface area contributed by atoms with Gasteiger partial charge >= 0.3 is 0 Å². The normalized spacial score (nSPS) is 16.3. The highest BCUT2D eigenvalue weighted by Crippen LogP contribution is 2.53. The van der Waals surface area contributed by atoms with Gasteiger partial charge < -0.3 is 9.84 Å². The van der Waals surface area contributed by atoms with Crippen LogP contribution in [0.5, 0.6) is 0 Å². The highest BCUT2D eigenvalue weighted by Gasteiger charge is 2.43. The quantitative estimate of drug-likeness (QED) is 0.0976. The lowest BCUT2D eigenvalue weighted by molar-refractivity contribution is -0.145. The van der Waals surface area contributed by atoms with Crippen LogP contribution < -0.4 is 0 Å². The van der Waals surface area contributed by atoms with E-state index in [1.165, 1.54) is 71.6 Å². The van der Waals surface area contributed by atoms with E-state index in [9.17, 15) is 74.6 Å². The van der Waals surface area contributed by atoms with Crippen molar-refractivity contribution in [3.05, 3.63) is 0 Å². The molecule has 2 fully saturated rings. The molecular weight excluding hydrogens is 1920 g/mol. The average molecular weight is 2190 g/mol. The molecular formula is C130H271F17O2. The average Bonchev–Trinajstić information content (AvgIpc) is 1.64. The van der Waals surface area contributed by atoms with Crippen LogP contribution in [-0.4, -0.2) is 89.8 Å². The maximum atomic E-state index is 13.3. The van der Waals surface area contributed by atoms with Gasteiger partial charge in [0.05, 0.1) is 13.2 Å². The molecule has 1 heterocycles. The molecule has 0 bridgehead atoms. The Morgan fingerprint density at radius 1 is 0.242 bits per heavy atom. The van der Waals surface area contributed by atoms with Crippen LogP contribution in [0.2, 0.25) is 0 Å². The van der Waals surface area contributed by atoms with Crippen molar-refractivity contribution in [3.8, 4) is 0 Å². The fourth-order valence-corrected chi connectivity index (χ4v) is 17.7. The van der Waals surface area contributed by atoms with Crippen molar-refractivity contribution < 1.29 is 84.5 Å². The molecule has 2 rings (SSSR count). The van der Waals surface area contributed by atoms with Crippen LogP contribution in [0, 0.1) is 115 Å². The fraction of sp³-hybridized carbons (Fsp3) is 1.00. The Morgan fingerprint density at radius 3 is 0.497 bits per heavy atom. The Balaban J connectivity index is -0.000000109.